The van der Waals surface area contributed by atoms with Crippen molar-refractivity contribution in [2.24, 2.45) is 0 Å². The first-order valence-corrected chi connectivity index (χ1v) is 6.08. The van der Waals surface area contributed by atoms with E-state index in [1.165, 1.54) is 4.90 Å². The number of benzene rings is 2. The second kappa shape index (κ2) is 5.61. The molecule has 0 heterocycles. The molecule has 0 aliphatic rings. The first-order chi connectivity index (χ1) is 9.49. The van der Waals surface area contributed by atoms with Crippen LogP contribution in [0.15, 0.2) is 36.4 Å². The molecule has 0 aliphatic heterocycles. The molecule has 0 radical (unpaired) electrons. The van der Waals surface area contributed by atoms with Gasteiger partial charge in [0.05, 0.1) is 0 Å². The van der Waals surface area contributed by atoms with E-state index in [-0.39, 0.29) is 23.8 Å². The van der Waals surface area contributed by atoms with Crippen molar-refractivity contribution in [1.82, 2.24) is 4.90 Å². The second-order valence-corrected chi connectivity index (χ2v) is 4.58. The van der Waals surface area contributed by atoms with E-state index in [4.69, 9.17) is 4.74 Å². The molecule has 0 spiro atoms. The van der Waals surface area contributed by atoms with Gasteiger partial charge in [0.25, 0.3) is 5.91 Å². The molecule has 5 heteroatoms. The van der Waals surface area contributed by atoms with E-state index in [1.54, 1.807) is 26.2 Å². The Morgan fingerprint density at radius 3 is 2.30 bits per heavy atom. The average molecular weight is 273 g/mol. The lowest BCUT2D eigenvalue weighted by molar-refractivity contribution is -0.130. The number of nitrogens with zero attached hydrogens (tertiary/aromatic N) is 1. The third-order valence-electron chi connectivity index (χ3n) is 2.93. The molecule has 0 saturated heterocycles. The number of likely N-dealkylation sites (N-methyl/N-ethyl adjacent to an activating group) is 1. The topological polar surface area (TPSA) is 66.8 Å². The summed E-state index contributed by atoms with van der Waals surface area (Å²) in [6.07, 6.45) is 0. The fourth-order valence-corrected chi connectivity index (χ4v) is 1.77. The fourth-order valence-electron chi connectivity index (χ4n) is 1.77. The number of amides is 1. The summed E-state index contributed by atoms with van der Waals surface area (Å²) in [6, 6.07) is 10.6. The van der Waals surface area contributed by atoms with Crippen molar-refractivity contribution in [2.45, 2.75) is 0 Å². The van der Waals surface area contributed by atoms with E-state index < -0.39 is 5.97 Å². The SMILES string of the molecule is CN(C)C(=O)COc1cc2ccccc2cc1C(=O)O. The van der Waals surface area contributed by atoms with E-state index in [0.717, 1.165) is 10.8 Å². The zero-order valence-electron chi connectivity index (χ0n) is 11.3. The van der Waals surface area contributed by atoms with Crippen molar-refractivity contribution >= 4 is 22.6 Å². The van der Waals surface area contributed by atoms with Gasteiger partial charge in [-0.1, -0.05) is 24.3 Å². The third-order valence-corrected chi connectivity index (χ3v) is 2.93. The van der Waals surface area contributed by atoms with Crippen LogP contribution in [0.4, 0.5) is 0 Å². The predicted molar refractivity (Wildman–Crippen MR) is 75.1 cm³/mol. The summed E-state index contributed by atoms with van der Waals surface area (Å²) in [7, 11) is 3.23. The number of aromatic carboxylic acids is 1. The number of carboxylic acid groups (broad SMARTS) is 1. The number of ether oxygens (including phenoxy) is 1. The highest BCUT2D eigenvalue weighted by atomic mass is 16.5. The highest BCUT2D eigenvalue weighted by Gasteiger charge is 2.14. The quantitative estimate of drug-likeness (QED) is 0.925. The molecule has 20 heavy (non-hydrogen) atoms. The first kappa shape index (κ1) is 13.9. The first-order valence-electron chi connectivity index (χ1n) is 6.08. The molecule has 0 bridgehead atoms. The highest BCUT2D eigenvalue weighted by molar-refractivity contribution is 5.97. The molecule has 0 aromatic heterocycles. The van der Waals surface area contributed by atoms with Gasteiger partial charge in [0.2, 0.25) is 0 Å². The summed E-state index contributed by atoms with van der Waals surface area (Å²) in [6.45, 7) is -0.189. The van der Waals surface area contributed by atoms with Gasteiger partial charge in [0, 0.05) is 14.1 Å². The third kappa shape index (κ3) is 2.88. The molecule has 0 saturated carbocycles. The fraction of sp³-hybridized carbons (Fsp3) is 0.200. The standard InChI is InChI=1S/C15H15NO4/c1-16(2)14(17)9-20-13-8-11-6-4-3-5-10(11)7-12(13)15(18)19/h3-8H,9H2,1-2H3,(H,18,19). The van der Waals surface area contributed by atoms with Crippen molar-refractivity contribution in [1.29, 1.82) is 0 Å². The Kier molecular flexibility index (Phi) is 3.89. The van der Waals surface area contributed by atoms with Crippen LogP contribution in [0.1, 0.15) is 10.4 Å². The van der Waals surface area contributed by atoms with Gasteiger partial charge in [-0.2, -0.15) is 0 Å². The van der Waals surface area contributed by atoms with Crippen molar-refractivity contribution in [2.75, 3.05) is 20.7 Å². The minimum Gasteiger partial charge on any atom is -0.483 e. The summed E-state index contributed by atoms with van der Waals surface area (Å²) >= 11 is 0. The molecule has 1 N–H and O–H groups in total. The number of carboxylic acids is 1. The van der Waals surface area contributed by atoms with E-state index in [1.807, 2.05) is 24.3 Å². The van der Waals surface area contributed by atoms with Crippen LogP contribution in [0, 0.1) is 0 Å². The molecule has 0 atom stereocenters. The number of carbonyl (C=O) groups is 2. The molecular formula is C15H15NO4. The smallest absolute Gasteiger partial charge is 0.339 e. The molecule has 5 nitrogen and oxygen atoms in total. The summed E-state index contributed by atoms with van der Waals surface area (Å²) < 4.78 is 5.36. The number of hydrogen-bond acceptors (Lipinski definition) is 3. The molecule has 2 aromatic carbocycles. The largest absolute Gasteiger partial charge is 0.483 e. The van der Waals surface area contributed by atoms with Gasteiger partial charge in [-0.3, -0.25) is 4.79 Å². The van der Waals surface area contributed by atoms with Gasteiger partial charge in [-0.25, -0.2) is 4.79 Å². The summed E-state index contributed by atoms with van der Waals surface area (Å²) in [5.74, 6) is -1.11. The van der Waals surface area contributed by atoms with Gasteiger partial charge in [-0.05, 0) is 22.9 Å². The van der Waals surface area contributed by atoms with Crippen LogP contribution < -0.4 is 4.74 Å². The molecule has 1 amide bonds. The maximum absolute atomic E-state index is 11.5. The molecule has 2 aromatic rings. The number of rotatable bonds is 4. The highest BCUT2D eigenvalue weighted by Crippen LogP contribution is 2.26. The Balaban J connectivity index is 2.37. The Labute approximate surface area is 116 Å². The van der Waals surface area contributed by atoms with Gasteiger partial charge < -0.3 is 14.7 Å². The van der Waals surface area contributed by atoms with Gasteiger partial charge >= 0.3 is 5.97 Å². The van der Waals surface area contributed by atoms with Crippen molar-refractivity contribution in [3.63, 3.8) is 0 Å². The maximum atomic E-state index is 11.5. The van der Waals surface area contributed by atoms with Crippen LogP contribution in [-0.4, -0.2) is 42.6 Å². The monoisotopic (exact) mass is 273 g/mol. The Hall–Kier alpha value is -2.56. The normalized spacial score (nSPS) is 10.3. The molecule has 0 fully saturated rings. The summed E-state index contributed by atoms with van der Waals surface area (Å²) in [5.41, 5.74) is 0.0512. The van der Waals surface area contributed by atoms with E-state index in [9.17, 15) is 14.7 Å². The number of hydrogen-bond donors (Lipinski definition) is 1. The Morgan fingerprint density at radius 2 is 1.75 bits per heavy atom. The van der Waals surface area contributed by atoms with Gasteiger partial charge in [0.15, 0.2) is 6.61 Å². The lowest BCUT2D eigenvalue weighted by Crippen LogP contribution is -2.27. The van der Waals surface area contributed by atoms with E-state index in [0.29, 0.717) is 0 Å². The second-order valence-electron chi connectivity index (χ2n) is 4.58. The number of carbonyl (C=O) groups excluding carboxylic acids is 1. The summed E-state index contributed by atoms with van der Waals surface area (Å²) in [4.78, 5) is 24.2. The summed E-state index contributed by atoms with van der Waals surface area (Å²) in [5, 5.41) is 10.9. The Morgan fingerprint density at radius 1 is 1.15 bits per heavy atom. The van der Waals surface area contributed by atoms with Crippen molar-refractivity contribution in [3.8, 4) is 5.75 Å². The van der Waals surface area contributed by atoms with E-state index in [2.05, 4.69) is 0 Å². The predicted octanol–water partition coefficient (Wildman–Crippen LogP) is 2.00. The Bertz CT molecular complexity index is 664. The minimum atomic E-state index is -1.08. The number of fused-ring (bicyclic) bond motifs is 1. The molecular weight excluding hydrogens is 258 g/mol. The van der Waals surface area contributed by atoms with Crippen LogP contribution in [-0.2, 0) is 4.79 Å². The van der Waals surface area contributed by atoms with Crippen LogP contribution >= 0.6 is 0 Å². The van der Waals surface area contributed by atoms with Crippen LogP contribution in [0.5, 0.6) is 5.75 Å². The average Bonchev–Trinajstić information content (AvgIpc) is 2.43. The lowest BCUT2D eigenvalue weighted by Gasteiger charge is -2.13. The molecule has 2 rings (SSSR count). The van der Waals surface area contributed by atoms with Crippen LogP contribution in [0.2, 0.25) is 0 Å². The van der Waals surface area contributed by atoms with E-state index >= 15 is 0 Å². The molecule has 104 valence electrons. The lowest BCUT2D eigenvalue weighted by atomic mass is 10.1. The zero-order chi connectivity index (χ0) is 14.7. The molecule has 0 unspecified atom stereocenters. The van der Waals surface area contributed by atoms with Crippen LogP contribution in [0.25, 0.3) is 10.8 Å². The maximum Gasteiger partial charge on any atom is 0.339 e. The zero-order valence-corrected chi connectivity index (χ0v) is 11.3. The van der Waals surface area contributed by atoms with Crippen molar-refractivity contribution in [3.05, 3.63) is 42.0 Å². The van der Waals surface area contributed by atoms with Gasteiger partial charge in [0.1, 0.15) is 11.3 Å². The van der Waals surface area contributed by atoms with Crippen LogP contribution in [0.3, 0.4) is 0 Å². The van der Waals surface area contributed by atoms with Gasteiger partial charge in [-0.15, -0.1) is 0 Å². The van der Waals surface area contributed by atoms with Crippen molar-refractivity contribution < 1.29 is 19.4 Å². The minimum absolute atomic E-state index is 0.0512. The molecule has 0 aliphatic carbocycles.